The van der Waals surface area contributed by atoms with Gasteiger partial charge in [-0.05, 0) is 44.4 Å². The first-order chi connectivity index (χ1) is 10.1. The van der Waals surface area contributed by atoms with Crippen LogP contribution in [-0.4, -0.2) is 53.8 Å². The number of carboxylic acid groups (broad SMARTS) is 1. The lowest BCUT2D eigenvalue weighted by Crippen LogP contribution is -2.52. The maximum Gasteiger partial charge on any atom is 0.404 e. The number of ether oxygens (including phenoxy) is 1. The number of rotatable bonds is 3. The molecule has 0 aromatic heterocycles. The Morgan fingerprint density at radius 3 is 2.43 bits per heavy atom. The molecule has 0 radical (unpaired) electrons. The van der Waals surface area contributed by atoms with Gasteiger partial charge in [0.15, 0.2) is 0 Å². The first kappa shape index (κ1) is 14.6. The van der Waals surface area contributed by atoms with Crippen molar-refractivity contribution in [3.05, 3.63) is 0 Å². The van der Waals surface area contributed by atoms with Crippen LogP contribution in [0.4, 0.5) is 4.79 Å². The van der Waals surface area contributed by atoms with Crippen molar-refractivity contribution in [3.63, 3.8) is 0 Å². The number of nitrogens with zero attached hydrogens (tertiary/aromatic N) is 1. The molecule has 2 saturated carbocycles. The van der Waals surface area contributed by atoms with E-state index in [2.05, 4.69) is 10.2 Å². The van der Waals surface area contributed by atoms with Gasteiger partial charge in [0.05, 0.1) is 19.3 Å². The third-order valence-corrected chi connectivity index (χ3v) is 5.02. The zero-order chi connectivity index (χ0) is 14.8. The second-order valence-electron chi connectivity index (χ2n) is 6.51. The van der Waals surface area contributed by atoms with Crippen molar-refractivity contribution in [2.24, 2.45) is 11.8 Å². The molecule has 0 aromatic carbocycles. The van der Waals surface area contributed by atoms with E-state index < -0.39 is 6.09 Å². The molecular weight excluding hydrogens is 272 g/mol. The van der Waals surface area contributed by atoms with E-state index in [1.807, 2.05) is 0 Å². The number of nitrogens with one attached hydrogen (secondary N) is 1. The summed E-state index contributed by atoms with van der Waals surface area (Å²) in [6.07, 6.45) is 4.58. The van der Waals surface area contributed by atoms with Crippen LogP contribution in [0.5, 0.6) is 0 Å². The van der Waals surface area contributed by atoms with E-state index >= 15 is 0 Å². The number of hydrogen-bond donors (Lipinski definition) is 2. The number of morpholine rings is 1. The smallest absolute Gasteiger partial charge is 0.404 e. The van der Waals surface area contributed by atoms with Crippen molar-refractivity contribution in [1.82, 2.24) is 10.2 Å². The third-order valence-electron chi connectivity index (χ3n) is 5.02. The van der Waals surface area contributed by atoms with Crippen LogP contribution in [0.1, 0.15) is 38.5 Å². The quantitative estimate of drug-likeness (QED) is 0.826. The van der Waals surface area contributed by atoms with Crippen LogP contribution >= 0.6 is 0 Å². The SMILES string of the molecule is O=C(O)N[C@H]1CC[C@H](C(=O)N2CCOC[C@@H]2C2CC2)CC1. The van der Waals surface area contributed by atoms with Crippen LogP contribution in [0.25, 0.3) is 0 Å². The van der Waals surface area contributed by atoms with Crippen LogP contribution in [0, 0.1) is 11.8 Å². The van der Waals surface area contributed by atoms with Crippen LogP contribution < -0.4 is 5.32 Å². The molecule has 2 N–H and O–H groups in total. The third kappa shape index (κ3) is 3.48. The molecule has 3 fully saturated rings. The minimum Gasteiger partial charge on any atom is -0.465 e. The molecule has 3 rings (SSSR count). The number of carbonyl (C=O) groups is 2. The van der Waals surface area contributed by atoms with Gasteiger partial charge in [0.25, 0.3) is 0 Å². The van der Waals surface area contributed by atoms with Gasteiger partial charge in [0, 0.05) is 18.5 Å². The molecule has 1 aliphatic heterocycles. The zero-order valence-corrected chi connectivity index (χ0v) is 12.3. The molecule has 6 nitrogen and oxygen atoms in total. The van der Waals surface area contributed by atoms with Crippen molar-refractivity contribution >= 4 is 12.0 Å². The normalized spacial score (nSPS) is 33.5. The first-order valence-corrected chi connectivity index (χ1v) is 8.03. The average Bonchev–Trinajstić information content (AvgIpc) is 3.31. The molecule has 3 aliphatic rings. The maximum absolute atomic E-state index is 12.8. The summed E-state index contributed by atoms with van der Waals surface area (Å²) in [7, 11) is 0. The minimum absolute atomic E-state index is 0.00969. The second-order valence-corrected chi connectivity index (χ2v) is 6.51. The largest absolute Gasteiger partial charge is 0.465 e. The fourth-order valence-electron chi connectivity index (χ4n) is 3.66. The Bertz CT molecular complexity index is 402. The molecule has 21 heavy (non-hydrogen) atoms. The lowest BCUT2D eigenvalue weighted by molar-refractivity contribution is -0.146. The monoisotopic (exact) mass is 296 g/mol. The fourth-order valence-corrected chi connectivity index (χ4v) is 3.66. The Hall–Kier alpha value is -1.30. The minimum atomic E-state index is -0.966. The van der Waals surface area contributed by atoms with Crippen molar-refractivity contribution in [2.75, 3.05) is 19.8 Å². The maximum atomic E-state index is 12.8. The molecular formula is C15H24N2O4. The molecule has 0 bridgehead atoms. The van der Waals surface area contributed by atoms with E-state index in [1.54, 1.807) is 0 Å². The number of hydrogen-bond acceptors (Lipinski definition) is 3. The molecule has 2 aliphatic carbocycles. The van der Waals surface area contributed by atoms with Gasteiger partial charge in [-0.2, -0.15) is 0 Å². The molecule has 0 unspecified atom stereocenters. The van der Waals surface area contributed by atoms with E-state index in [4.69, 9.17) is 9.84 Å². The van der Waals surface area contributed by atoms with Gasteiger partial charge in [-0.1, -0.05) is 0 Å². The summed E-state index contributed by atoms with van der Waals surface area (Å²) in [6.45, 7) is 2.05. The van der Waals surface area contributed by atoms with Crippen molar-refractivity contribution < 1.29 is 19.4 Å². The average molecular weight is 296 g/mol. The van der Waals surface area contributed by atoms with Gasteiger partial charge in [0.2, 0.25) is 5.91 Å². The highest BCUT2D eigenvalue weighted by Gasteiger charge is 2.41. The van der Waals surface area contributed by atoms with Crippen LogP contribution in [0.3, 0.4) is 0 Å². The summed E-state index contributed by atoms with van der Waals surface area (Å²) in [4.78, 5) is 25.5. The molecule has 0 aromatic rings. The van der Waals surface area contributed by atoms with Crippen molar-refractivity contribution in [1.29, 1.82) is 0 Å². The van der Waals surface area contributed by atoms with Gasteiger partial charge < -0.3 is 20.1 Å². The molecule has 118 valence electrons. The summed E-state index contributed by atoms with van der Waals surface area (Å²) >= 11 is 0. The van der Waals surface area contributed by atoms with Gasteiger partial charge in [0.1, 0.15) is 0 Å². The predicted octanol–water partition coefficient (Wildman–Crippen LogP) is 1.45. The Morgan fingerprint density at radius 2 is 1.81 bits per heavy atom. The highest BCUT2D eigenvalue weighted by atomic mass is 16.5. The van der Waals surface area contributed by atoms with E-state index in [0.29, 0.717) is 25.7 Å². The highest BCUT2D eigenvalue weighted by molar-refractivity contribution is 5.79. The van der Waals surface area contributed by atoms with Crippen molar-refractivity contribution in [3.8, 4) is 0 Å². The summed E-state index contributed by atoms with van der Waals surface area (Å²) in [5.41, 5.74) is 0. The topological polar surface area (TPSA) is 78.9 Å². The van der Waals surface area contributed by atoms with Gasteiger partial charge in [-0.25, -0.2) is 4.79 Å². The Balaban J connectivity index is 1.54. The lowest BCUT2D eigenvalue weighted by atomic mass is 9.84. The molecule has 6 heteroatoms. The first-order valence-electron chi connectivity index (χ1n) is 8.03. The predicted molar refractivity (Wildman–Crippen MR) is 76.0 cm³/mol. The Labute approximate surface area is 124 Å². The van der Waals surface area contributed by atoms with Crippen LogP contribution in [-0.2, 0) is 9.53 Å². The number of amides is 2. The Morgan fingerprint density at radius 1 is 1.10 bits per heavy atom. The highest BCUT2D eigenvalue weighted by Crippen LogP contribution is 2.38. The molecule has 0 spiro atoms. The van der Waals surface area contributed by atoms with Crippen molar-refractivity contribution in [2.45, 2.75) is 50.6 Å². The van der Waals surface area contributed by atoms with E-state index in [-0.39, 0.29) is 23.9 Å². The van der Waals surface area contributed by atoms with Gasteiger partial charge in [-0.3, -0.25) is 4.79 Å². The lowest BCUT2D eigenvalue weighted by Gasteiger charge is -2.39. The fraction of sp³-hybridized carbons (Fsp3) is 0.867. The van der Waals surface area contributed by atoms with Gasteiger partial charge in [-0.15, -0.1) is 0 Å². The standard InChI is InChI=1S/C15H24N2O4/c18-14(11-3-5-12(6-4-11)16-15(19)20)17-7-8-21-9-13(17)10-1-2-10/h10-13,16H,1-9H2,(H,19,20)/t11-,12-,13-/m1/s1. The molecule has 1 heterocycles. The molecule has 2 amide bonds. The van der Waals surface area contributed by atoms with E-state index in [9.17, 15) is 9.59 Å². The number of carbonyl (C=O) groups excluding carboxylic acids is 1. The Kier molecular flexibility index (Phi) is 4.33. The van der Waals surface area contributed by atoms with Crippen LogP contribution in [0.2, 0.25) is 0 Å². The summed E-state index contributed by atoms with van der Waals surface area (Å²) in [6, 6.07) is 0.289. The summed E-state index contributed by atoms with van der Waals surface area (Å²) in [5.74, 6) is 0.972. The van der Waals surface area contributed by atoms with Crippen LogP contribution in [0.15, 0.2) is 0 Å². The second kappa shape index (κ2) is 6.22. The van der Waals surface area contributed by atoms with E-state index in [0.717, 1.165) is 25.7 Å². The molecule has 1 saturated heterocycles. The summed E-state index contributed by atoms with van der Waals surface area (Å²) < 4.78 is 5.54. The molecule has 1 atom stereocenters. The zero-order valence-electron chi connectivity index (χ0n) is 12.3. The summed E-state index contributed by atoms with van der Waals surface area (Å²) in [5, 5.41) is 11.3. The van der Waals surface area contributed by atoms with Gasteiger partial charge >= 0.3 is 6.09 Å². The van der Waals surface area contributed by atoms with E-state index in [1.165, 1.54) is 12.8 Å².